The maximum atomic E-state index is 12.4. The van der Waals surface area contributed by atoms with E-state index in [-0.39, 0.29) is 18.3 Å². The maximum Gasteiger partial charge on any atom is 0.256 e. The van der Waals surface area contributed by atoms with E-state index in [9.17, 15) is 4.79 Å². The number of carbonyl (C=O) groups is 1. The third-order valence-corrected chi connectivity index (χ3v) is 3.84. The zero-order valence-corrected chi connectivity index (χ0v) is 11.7. The lowest BCUT2D eigenvalue weighted by Gasteiger charge is -2.33. The number of carbonyl (C=O) groups excluding carboxylic acids is 1. The van der Waals surface area contributed by atoms with E-state index in [0.29, 0.717) is 6.54 Å². The molecule has 0 spiro atoms. The number of piperidine rings is 1. The molecule has 0 unspecified atom stereocenters. The minimum atomic E-state index is -0.450. The second-order valence-electron chi connectivity index (χ2n) is 5.05. The summed E-state index contributed by atoms with van der Waals surface area (Å²) in [5.74, 6) is 0.119. The SMILES string of the molecule is CN1N=C2CCNC[C@]2(Cc2ccccc2)C1=O.Cl. The van der Waals surface area contributed by atoms with Crippen molar-refractivity contribution in [3.8, 4) is 0 Å². The van der Waals surface area contributed by atoms with Crippen molar-refractivity contribution in [2.24, 2.45) is 10.5 Å². The second kappa shape index (κ2) is 5.31. The molecule has 2 aliphatic rings. The minimum absolute atomic E-state index is 0. The van der Waals surface area contributed by atoms with Gasteiger partial charge in [-0.2, -0.15) is 5.10 Å². The Morgan fingerprint density at radius 3 is 2.84 bits per heavy atom. The fourth-order valence-electron chi connectivity index (χ4n) is 2.92. The van der Waals surface area contributed by atoms with Gasteiger partial charge in [0, 0.05) is 26.6 Å². The second-order valence-corrected chi connectivity index (χ2v) is 5.05. The van der Waals surface area contributed by atoms with Crippen molar-refractivity contribution in [1.82, 2.24) is 10.3 Å². The Hall–Kier alpha value is -1.39. The van der Waals surface area contributed by atoms with Crippen LogP contribution >= 0.6 is 12.4 Å². The number of halogens is 1. The number of hydrogen-bond acceptors (Lipinski definition) is 3. The van der Waals surface area contributed by atoms with Gasteiger partial charge in [-0.1, -0.05) is 30.3 Å². The van der Waals surface area contributed by atoms with Crippen molar-refractivity contribution in [1.29, 1.82) is 0 Å². The zero-order valence-electron chi connectivity index (χ0n) is 10.9. The van der Waals surface area contributed by atoms with Gasteiger partial charge in [-0.25, -0.2) is 5.01 Å². The molecule has 1 atom stereocenters. The van der Waals surface area contributed by atoms with Crippen LogP contribution in [0.15, 0.2) is 35.4 Å². The molecule has 3 rings (SSSR count). The third kappa shape index (κ3) is 2.26. The molecule has 1 saturated heterocycles. The fraction of sp³-hybridized carbons (Fsp3) is 0.429. The zero-order chi connectivity index (χ0) is 12.6. The summed E-state index contributed by atoms with van der Waals surface area (Å²) in [5, 5.41) is 9.27. The number of benzene rings is 1. The average Bonchev–Trinajstić information content (AvgIpc) is 2.64. The van der Waals surface area contributed by atoms with Crippen molar-refractivity contribution in [2.45, 2.75) is 12.8 Å². The van der Waals surface area contributed by atoms with Crippen molar-refractivity contribution in [2.75, 3.05) is 20.1 Å². The summed E-state index contributed by atoms with van der Waals surface area (Å²) in [4.78, 5) is 12.4. The normalized spacial score (nSPS) is 25.6. The van der Waals surface area contributed by atoms with Gasteiger partial charge in [0.2, 0.25) is 0 Å². The van der Waals surface area contributed by atoms with Gasteiger partial charge in [-0.3, -0.25) is 4.79 Å². The molecule has 0 saturated carbocycles. The van der Waals surface area contributed by atoms with Gasteiger partial charge in [-0.15, -0.1) is 12.4 Å². The average molecular weight is 280 g/mol. The molecule has 1 amide bonds. The van der Waals surface area contributed by atoms with Crippen LogP contribution in [0.4, 0.5) is 0 Å². The molecule has 2 heterocycles. The standard InChI is InChI=1S/C14H17N3O.ClH/c1-17-13(18)14(9-11-5-3-2-4-6-11)10-15-8-7-12(14)16-17;/h2-6,15H,7-10H2,1H3;1H/t14-;/m0./s1. The fourth-order valence-corrected chi connectivity index (χ4v) is 2.92. The van der Waals surface area contributed by atoms with Crippen molar-refractivity contribution in [3.63, 3.8) is 0 Å². The van der Waals surface area contributed by atoms with Gasteiger partial charge in [0.15, 0.2) is 0 Å². The molecule has 1 aromatic rings. The van der Waals surface area contributed by atoms with E-state index in [1.54, 1.807) is 7.05 Å². The summed E-state index contributed by atoms with van der Waals surface area (Å²) >= 11 is 0. The molecular weight excluding hydrogens is 262 g/mol. The lowest BCUT2D eigenvalue weighted by molar-refractivity contribution is -0.134. The number of nitrogens with zero attached hydrogens (tertiary/aromatic N) is 2. The van der Waals surface area contributed by atoms with Crippen LogP contribution in [0.5, 0.6) is 0 Å². The number of nitrogens with one attached hydrogen (secondary N) is 1. The number of hydrogen-bond donors (Lipinski definition) is 1. The van der Waals surface area contributed by atoms with E-state index in [1.165, 1.54) is 10.6 Å². The Kier molecular flexibility index (Phi) is 3.92. The smallest absolute Gasteiger partial charge is 0.256 e. The number of amides is 1. The molecule has 0 aromatic heterocycles. The molecule has 0 aliphatic carbocycles. The summed E-state index contributed by atoms with van der Waals surface area (Å²) in [6.07, 6.45) is 1.60. The molecule has 5 heteroatoms. The molecule has 1 fully saturated rings. The van der Waals surface area contributed by atoms with E-state index < -0.39 is 5.41 Å². The predicted molar refractivity (Wildman–Crippen MR) is 77.5 cm³/mol. The quantitative estimate of drug-likeness (QED) is 0.891. The number of fused-ring (bicyclic) bond motifs is 1. The monoisotopic (exact) mass is 279 g/mol. The summed E-state index contributed by atoms with van der Waals surface area (Å²) in [6.45, 7) is 1.61. The van der Waals surface area contributed by atoms with E-state index in [4.69, 9.17) is 0 Å². The highest BCUT2D eigenvalue weighted by atomic mass is 35.5. The van der Waals surface area contributed by atoms with E-state index in [2.05, 4.69) is 22.6 Å². The summed E-state index contributed by atoms with van der Waals surface area (Å²) < 4.78 is 0. The van der Waals surface area contributed by atoms with Crippen LogP contribution < -0.4 is 5.32 Å². The Morgan fingerprint density at radius 2 is 2.11 bits per heavy atom. The highest BCUT2D eigenvalue weighted by molar-refractivity contribution is 6.13. The van der Waals surface area contributed by atoms with Crippen molar-refractivity contribution in [3.05, 3.63) is 35.9 Å². The minimum Gasteiger partial charge on any atom is -0.315 e. The molecule has 0 radical (unpaired) electrons. The molecule has 19 heavy (non-hydrogen) atoms. The lowest BCUT2D eigenvalue weighted by Crippen LogP contribution is -2.52. The van der Waals surface area contributed by atoms with Gasteiger partial charge in [0.25, 0.3) is 5.91 Å². The molecule has 0 bridgehead atoms. The van der Waals surface area contributed by atoms with E-state index >= 15 is 0 Å². The molecule has 1 N–H and O–H groups in total. The number of rotatable bonds is 2. The highest BCUT2D eigenvalue weighted by Gasteiger charge is 2.50. The third-order valence-electron chi connectivity index (χ3n) is 3.84. The first-order chi connectivity index (χ1) is 8.72. The van der Waals surface area contributed by atoms with Crippen LogP contribution in [0, 0.1) is 5.41 Å². The highest BCUT2D eigenvalue weighted by Crippen LogP contribution is 2.35. The van der Waals surface area contributed by atoms with E-state index in [1.807, 2.05) is 18.2 Å². The molecule has 2 aliphatic heterocycles. The van der Waals surface area contributed by atoms with Gasteiger partial charge in [0.1, 0.15) is 5.41 Å². The van der Waals surface area contributed by atoms with Gasteiger partial charge < -0.3 is 5.32 Å². The van der Waals surface area contributed by atoms with Crippen molar-refractivity contribution >= 4 is 24.0 Å². The first kappa shape index (κ1) is 14.0. The first-order valence-corrected chi connectivity index (χ1v) is 6.33. The summed E-state index contributed by atoms with van der Waals surface area (Å²) in [5.41, 5.74) is 1.78. The largest absolute Gasteiger partial charge is 0.315 e. The van der Waals surface area contributed by atoms with Crippen LogP contribution in [0.1, 0.15) is 12.0 Å². The maximum absolute atomic E-state index is 12.4. The van der Waals surface area contributed by atoms with Crippen LogP contribution in [0.3, 0.4) is 0 Å². The Labute approximate surface area is 119 Å². The van der Waals surface area contributed by atoms with Crippen LogP contribution in [0.2, 0.25) is 0 Å². The van der Waals surface area contributed by atoms with Gasteiger partial charge >= 0.3 is 0 Å². The van der Waals surface area contributed by atoms with Crippen LogP contribution in [0.25, 0.3) is 0 Å². The van der Waals surface area contributed by atoms with E-state index in [0.717, 1.165) is 25.1 Å². The number of hydrazone groups is 1. The predicted octanol–water partition coefficient (Wildman–Crippen LogP) is 1.46. The topological polar surface area (TPSA) is 44.7 Å². The Balaban J connectivity index is 0.00000133. The molecule has 4 nitrogen and oxygen atoms in total. The first-order valence-electron chi connectivity index (χ1n) is 6.33. The lowest BCUT2D eigenvalue weighted by atomic mass is 9.74. The summed E-state index contributed by atoms with van der Waals surface area (Å²) in [6, 6.07) is 10.2. The van der Waals surface area contributed by atoms with Gasteiger partial charge in [-0.05, 0) is 12.0 Å². The summed E-state index contributed by atoms with van der Waals surface area (Å²) in [7, 11) is 1.75. The van der Waals surface area contributed by atoms with Crippen LogP contribution in [-0.4, -0.2) is 36.8 Å². The Bertz CT molecular complexity index is 503. The van der Waals surface area contributed by atoms with Crippen LogP contribution in [-0.2, 0) is 11.2 Å². The molecular formula is C14H18ClN3O. The van der Waals surface area contributed by atoms with Gasteiger partial charge in [0.05, 0.1) is 5.71 Å². The Morgan fingerprint density at radius 1 is 1.37 bits per heavy atom. The molecule has 102 valence electrons. The molecule has 1 aromatic carbocycles. The van der Waals surface area contributed by atoms with Crippen molar-refractivity contribution < 1.29 is 4.79 Å².